The molecular weight excluding hydrogens is 272 g/mol. The highest BCUT2D eigenvalue weighted by Crippen LogP contribution is 2.17. The summed E-state index contributed by atoms with van der Waals surface area (Å²) in [6.45, 7) is 2.32. The first kappa shape index (κ1) is 13.3. The summed E-state index contributed by atoms with van der Waals surface area (Å²) in [6.07, 6.45) is 4.53. The summed E-state index contributed by atoms with van der Waals surface area (Å²) in [5, 5.41) is 0.701. The number of nitrogens with one attached hydrogen (secondary N) is 1. The molecule has 0 aliphatic carbocycles. The molecule has 0 aromatic carbocycles. The van der Waals surface area contributed by atoms with Crippen molar-refractivity contribution in [2.75, 3.05) is 12.8 Å². The Morgan fingerprint density at radius 2 is 2.35 bits per heavy atom. The number of thioether (sulfide) groups is 1. The van der Waals surface area contributed by atoms with Crippen LogP contribution in [0.5, 0.6) is 0 Å². The summed E-state index contributed by atoms with van der Waals surface area (Å²) in [5.41, 5.74) is 2.76. The van der Waals surface area contributed by atoms with Crippen molar-refractivity contribution in [1.29, 1.82) is 0 Å². The molecule has 0 amide bonds. The van der Waals surface area contributed by atoms with Gasteiger partial charge in [-0.15, -0.1) is 0 Å². The van der Waals surface area contributed by atoms with E-state index in [1.807, 2.05) is 24.5 Å². The molecule has 104 valence electrons. The van der Waals surface area contributed by atoms with Crippen molar-refractivity contribution in [1.82, 2.24) is 19.9 Å². The lowest BCUT2D eigenvalue weighted by Gasteiger charge is -2.27. The van der Waals surface area contributed by atoms with Crippen molar-refractivity contribution in [3.8, 4) is 0 Å². The molecule has 0 atom stereocenters. The molecular formula is C14H16N4OS. The summed E-state index contributed by atoms with van der Waals surface area (Å²) in [6, 6.07) is 5.90. The molecule has 3 heterocycles. The maximum absolute atomic E-state index is 12.1. The standard InChI is InChI=1S/C14H16N4OS/c1-20-14-16-12-5-7-18(9-11(12)13(19)17-14)8-10-4-2-3-6-15-10/h2-4,6H,5,7-9H2,1H3,(H,16,17,19). The summed E-state index contributed by atoms with van der Waals surface area (Å²) < 4.78 is 0. The van der Waals surface area contributed by atoms with Gasteiger partial charge in [0.15, 0.2) is 5.16 Å². The number of pyridine rings is 1. The Balaban J connectivity index is 1.80. The van der Waals surface area contributed by atoms with Gasteiger partial charge in [-0.1, -0.05) is 17.8 Å². The van der Waals surface area contributed by atoms with E-state index in [1.54, 1.807) is 6.20 Å². The molecule has 0 spiro atoms. The largest absolute Gasteiger partial charge is 0.301 e. The monoisotopic (exact) mass is 288 g/mol. The lowest BCUT2D eigenvalue weighted by atomic mass is 10.1. The van der Waals surface area contributed by atoms with Crippen LogP contribution in [0.25, 0.3) is 0 Å². The van der Waals surface area contributed by atoms with Crippen LogP contribution in [0.3, 0.4) is 0 Å². The third-order valence-corrected chi connectivity index (χ3v) is 4.01. The summed E-state index contributed by atoms with van der Waals surface area (Å²) in [4.78, 5) is 26.0. The van der Waals surface area contributed by atoms with E-state index in [1.165, 1.54) is 11.8 Å². The van der Waals surface area contributed by atoms with E-state index < -0.39 is 0 Å². The molecule has 0 saturated carbocycles. The van der Waals surface area contributed by atoms with E-state index in [4.69, 9.17) is 0 Å². The van der Waals surface area contributed by atoms with Crippen molar-refractivity contribution in [3.05, 3.63) is 51.7 Å². The van der Waals surface area contributed by atoms with Gasteiger partial charge in [-0.25, -0.2) is 4.98 Å². The molecule has 3 rings (SSSR count). The maximum Gasteiger partial charge on any atom is 0.256 e. The number of hydrogen-bond donors (Lipinski definition) is 1. The zero-order valence-electron chi connectivity index (χ0n) is 11.3. The molecule has 0 unspecified atom stereocenters. The number of hydrogen-bond acceptors (Lipinski definition) is 5. The SMILES string of the molecule is CSc1nc2c(c(=O)[nH]1)CN(Cc1ccccn1)CC2. The first-order valence-corrected chi connectivity index (χ1v) is 7.77. The van der Waals surface area contributed by atoms with Crippen molar-refractivity contribution in [2.24, 2.45) is 0 Å². The lowest BCUT2D eigenvalue weighted by molar-refractivity contribution is 0.238. The predicted molar refractivity (Wildman–Crippen MR) is 78.7 cm³/mol. The van der Waals surface area contributed by atoms with Crippen LogP contribution in [0.1, 0.15) is 17.0 Å². The van der Waals surface area contributed by atoms with Crippen molar-refractivity contribution in [2.45, 2.75) is 24.7 Å². The van der Waals surface area contributed by atoms with E-state index in [0.29, 0.717) is 11.7 Å². The van der Waals surface area contributed by atoms with Crippen LogP contribution >= 0.6 is 11.8 Å². The van der Waals surface area contributed by atoms with Crippen LogP contribution < -0.4 is 5.56 Å². The van der Waals surface area contributed by atoms with Crippen LogP contribution in [0.15, 0.2) is 34.3 Å². The molecule has 5 nitrogen and oxygen atoms in total. The number of aromatic amines is 1. The van der Waals surface area contributed by atoms with Gasteiger partial charge < -0.3 is 4.98 Å². The van der Waals surface area contributed by atoms with Crippen molar-refractivity contribution >= 4 is 11.8 Å². The normalized spacial score (nSPS) is 15.1. The molecule has 0 fully saturated rings. The van der Waals surface area contributed by atoms with Gasteiger partial charge in [0.1, 0.15) is 0 Å². The van der Waals surface area contributed by atoms with Crippen LogP contribution in [-0.2, 0) is 19.5 Å². The van der Waals surface area contributed by atoms with E-state index in [0.717, 1.165) is 36.5 Å². The molecule has 0 bridgehead atoms. The second-order valence-corrected chi connectivity index (χ2v) is 5.58. The van der Waals surface area contributed by atoms with Gasteiger partial charge in [0.2, 0.25) is 0 Å². The highest BCUT2D eigenvalue weighted by Gasteiger charge is 2.21. The number of fused-ring (bicyclic) bond motifs is 1. The fraction of sp³-hybridized carbons (Fsp3) is 0.357. The molecule has 0 radical (unpaired) electrons. The summed E-state index contributed by atoms with van der Waals surface area (Å²) in [7, 11) is 0. The third-order valence-electron chi connectivity index (χ3n) is 3.43. The smallest absolute Gasteiger partial charge is 0.256 e. The Hall–Kier alpha value is -1.66. The third kappa shape index (κ3) is 2.76. The van der Waals surface area contributed by atoms with Gasteiger partial charge in [0, 0.05) is 32.3 Å². The number of aromatic nitrogens is 3. The van der Waals surface area contributed by atoms with Gasteiger partial charge >= 0.3 is 0 Å². The minimum Gasteiger partial charge on any atom is -0.301 e. The second-order valence-electron chi connectivity index (χ2n) is 4.78. The number of nitrogens with zero attached hydrogens (tertiary/aromatic N) is 3. The van der Waals surface area contributed by atoms with Gasteiger partial charge in [-0.05, 0) is 18.4 Å². The molecule has 2 aromatic heterocycles. The highest BCUT2D eigenvalue weighted by molar-refractivity contribution is 7.98. The predicted octanol–water partition coefficient (Wildman–Crippen LogP) is 1.45. The second kappa shape index (κ2) is 5.76. The van der Waals surface area contributed by atoms with Crippen molar-refractivity contribution < 1.29 is 0 Å². The van der Waals surface area contributed by atoms with Crippen LogP contribution in [0.2, 0.25) is 0 Å². The summed E-state index contributed by atoms with van der Waals surface area (Å²) >= 11 is 1.47. The van der Waals surface area contributed by atoms with E-state index >= 15 is 0 Å². The Bertz CT molecular complexity index is 656. The van der Waals surface area contributed by atoms with Crippen LogP contribution in [0.4, 0.5) is 0 Å². The molecule has 1 aliphatic rings. The van der Waals surface area contributed by atoms with E-state index in [-0.39, 0.29) is 5.56 Å². The fourth-order valence-electron chi connectivity index (χ4n) is 2.41. The van der Waals surface area contributed by atoms with Crippen LogP contribution in [0, 0.1) is 0 Å². The average Bonchev–Trinajstić information content (AvgIpc) is 2.48. The molecule has 20 heavy (non-hydrogen) atoms. The maximum atomic E-state index is 12.1. The highest BCUT2D eigenvalue weighted by atomic mass is 32.2. The van der Waals surface area contributed by atoms with Gasteiger partial charge in [-0.2, -0.15) is 0 Å². The topological polar surface area (TPSA) is 61.9 Å². The lowest BCUT2D eigenvalue weighted by Crippen LogP contribution is -2.35. The molecule has 1 aliphatic heterocycles. The minimum atomic E-state index is -0.00919. The van der Waals surface area contributed by atoms with Gasteiger partial charge in [-0.3, -0.25) is 14.7 Å². The zero-order chi connectivity index (χ0) is 13.9. The van der Waals surface area contributed by atoms with E-state index in [9.17, 15) is 4.79 Å². The Morgan fingerprint density at radius 1 is 1.45 bits per heavy atom. The molecule has 1 N–H and O–H groups in total. The number of rotatable bonds is 3. The number of H-pyrrole nitrogens is 1. The molecule has 0 saturated heterocycles. The van der Waals surface area contributed by atoms with E-state index in [2.05, 4.69) is 19.9 Å². The minimum absolute atomic E-state index is 0.00919. The molecule has 6 heteroatoms. The van der Waals surface area contributed by atoms with Gasteiger partial charge in [0.25, 0.3) is 5.56 Å². The van der Waals surface area contributed by atoms with Crippen LogP contribution in [-0.4, -0.2) is 32.7 Å². The first-order chi connectivity index (χ1) is 9.76. The quantitative estimate of drug-likeness (QED) is 0.684. The van der Waals surface area contributed by atoms with Crippen molar-refractivity contribution in [3.63, 3.8) is 0 Å². The molecule has 2 aromatic rings. The average molecular weight is 288 g/mol. The first-order valence-electron chi connectivity index (χ1n) is 6.54. The fourth-order valence-corrected chi connectivity index (χ4v) is 2.81. The zero-order valence-corrected chi connectivity index (χ0v) is 12.1. The van der Waals surface area contributed by atoms with Gasteiger partial charge in [0.05, 0.1) is 17.0 Å². The Kier molecular flexibility index (Phi) is 3.84. The Labute approximate surface area is 121 Å². The summed E-state index contributed by atoms with van der Waals surface area (Å²) in [5.74, 6) is 0. The Morgan fingerprint density at radius 3 is 3.10 bits per heavy atom.